The Morgan fingerprint density at radius 3 is 2.50 bits per heavy atom. The lowest BCUT2D eigenvalue weighted by molar-refractivity contribution is -0.384. The minimum atomic E-state index is -4.52. The number of nitrogens with zero attached hydrogens (tertiary/aromatic N) is 2. The summed E-state index contributed by atoms with van der Waals surface area (Å²) < 4.78 is 44.2. The van der Waals surface area contributed by atoms with Crippen LogP contribution in [-0.4, -0.2) is 37.7 Å². The average molecular weight is 512 g/mol. The maximum atomic E-state index is 12.8. The zero-order valence-corrected chi connectivity index (χ0v) is 18.7. The van der Waals surface area contributed by atoms with Crippen molar-refractivity contribution < 1.29 is 37.5 Å². The third-order valence-electron chi connectivity index (χ3n) is 4.55. The number of benzene rings is 2. The van der Waals surface area contributed by atoms with Crippen LogP contribution in [0.25, 0.3) is 6.08 Å². The molecule has 0 unspecified atom stereocenters. The van der Waals surface area contributed by atoms with E-state index in [1.807, 2.05) is 0 Å². The van der Waals surface area contributed by atoms with Crippen molar-refractivity contribution in [3.05, 3.63) is 68.6 Å². The van der Waals surface area contributed by atoms with Gasteiger partial charge in [0, 0.05) is 30.7 Å². The van der Waals surface area contributed by atoms with E-state index < -0.39 is 28.5 Å². The molecule has 2 aromatic carbocycles. The summed E-state index contributed by atoms with van der Waals surface area (Å²) in [6.45, 7) is 0.0954. The van der Waals surface area contributed by atoms with Gasteiger partial charge in [0.2, 0.25) is 0 Å². The topological polar surface area (TPSA) is 110 Å². The fourth-order valence-corrected chi connectivity index (χ4v) is 4.22. The molecule has 0 atom stereocenters. The number of halogens is 3. The highest BCUT2D eigenvalue weighted by Gasteiger charge is 2.32. The van der Waals surface area contributed by atoms with E-state index in [0.29, 0.717) is 0 Å². The van der Waals surface area contributed by atoms with Crippen LogP contribution in [0.2, 0.25) is 0 Å². The number of carbonyl (C=O) groups excluding carboxylic acids is 1. The van der Waals surface area contributed by atoms with Gasteiger partial charge in [-0.2, -0.15) is 13.2 Å². The van der Waals surface area contributed by atoms with Crippen molar-refractivity contribution in [1.29, 1.82) is 0 Å². The number of carbonyl (C=O) groups is 2. The number of nitro groups is 1. The summed E-state index contributed by atoms with van der Waals surface area (Å²) in [5, 5.41) is 20.0. The molecular formula is C21H15F3N2O6S2. The van der Waals surface area contributed by atoms with Crippen LogP contribution in [0.4, 0.5) is 18.9 Å². The first-order valence-corrected chi connectivity index (χ1v) is 10.8. The summed E-state index contributed by atoms with van der Waals surface area (Å²) in [5.41, 5.74) is -1.02. The number of carboxylic acid groups (broad SMARTS) is 1. The molecule has 178 valence electrons. The normalized spacial score (nSPS) is 15.1. The van der Waals surface area contributed by atoms with Gasteiger partial charge >= 0.3 is 12.1 Å². The summed E-state index contributed by atoms with van der Waals surface area (Å²) in [6, 6.07) is 7.48. The van der Waals surface area contributed by atoms with Crippen molar-refractivity contribution in [2.75, 3.05) is 6.54 Å². The van der Waals surface area contributed by atoms with Crippen molar-refractivity contribution in [3.8, 4) is 11.5 Å². The van der Waals surface area contributed by atoms with E-state index >= 15 is 0 Å². The molecular weight excluding hydrogens is 497 g/mol. The molecule has 0 spiro atoms. The number of hydrogen-bond acceptors (Lipinski definition) is 7. The Morgan fingerprint density at radius 1 is 1.24 bits per heavy atom. The highest BCUT2D eigenvalue weighted by Crippen LogP contribution is 2.37. The minimum absolute atomic E-state index is 0.0534. The highest BCUT2D eigenvalue weighted by atomic mass is 32.2. The molecule has 1 heterocycles. The number of nitro benzene ring substituents is 1. The van der Waals surface area contributed by atoms with Gasteiger partial charge in [-0.3, -0.25) is 24.6 Å². The molecule has 0 aromatic heterocycles. The number of amides is 1. The van der Waals surface area contributed by atoms with Crippen LogP contribution in [0, 0.1) is 10.1 Å². The number of aliphatic carboxylic acids is 1. The first kappa shape index (κ1) is 25.2. The van der Waals surface area contributed by atoms with E-state index in [0.717, 1.165) is 48.2 Å². The van der Waals surface area contributed by atoms with Crippen LogP contribution in [-0.2, 0) is 15.8 Å². The second-order valence-corrected chi connectivity index (χ2v) is 8.61. The second-order valence-electron chi connectivity index (χ2n) is 6.93. The van der Waals surface area contributed by atoms with Gasteiger partial charge in [-0.1, -0.05) is 24.0 Å². The summed E-state index contributed by atoms with van der Waals surface area (Å²) in [7, 11) is 0. The fourth-order valence-electron chi connectivity index (χ4n) is 2.92. The molecule has 0 bridgehead atoms. The summed E-state index contributed by atoms with van der Waals surface area (Å²) >= 11 is 6.13. The molecule has 0 saturated carbocycles. The molecule has 0 aliphatic carbocycles. The monoisotopic (exact) mass is 512 g/mol. The maximum Gasteiger partial charge on any atom is 0.416 e. The Balaban J connectivity index is 1.89. The number of thioether (sulfide) groups is 1. The number of alkyl halides is 3. The Morgan fingerprint density at radius 2 is 1.91 bits per heavy atom. The molecule has 1 aliphatic heterocycles. The molecule has 0 radical (unpaired) electrons. The molecule has 1 amide bonds. The number of ether oxygens (including phenoxy) is 1. The maximum absolute atomic E-state index is 12.8. The molecule has 1 N–H and O–H groups in total. The molecule has 2 aromatic rings. The lowest BCUT2D eigenvalue weighted by Crippen LogP contribution is -2.29. The zero-order chi connectivity index (χ0) is 25.0. The molecule has 1 aliphatic rings. The predicted molar refractivity (Wildman–Crippen MR) is 121 cm³/mol. The number of hydrogen-bond donors (Lipinski definition) is 1. The van der Waals surface area contributed by atoms with Crippen LogP contribution < -0.4 is 4.74 Å². The van der Waals surface area contributed by atoms with Gasteiger partial charge < -0.3 is 9.84 Å². The molecule has 3 rings (SSSR count). The van der Waals surface area contributed by atoms with E-state index in [9.17, 15) is 32.9 Å². The fraction of sp³-hybridized carbons (Fsp3) is 0.190. The minimum Gasteiger partial charge on any atom is -0.481 e. The van der Waals surface area contributed by atoms with Gasteiger partial charge in [0.1, 0.15) is 15.8 Å². The van der Waals surface area contributed by atoms with E-state index in [-0.39, 0.29) is 51.4 Å². The van der Waals surface area contributed by atoms with Gasteiger partial charge in [-0.15, -0.1) is 0 Å². The third-order valence-corrected chi connectivity index (χ3v) is 5.92. The van der Waals surface area contributed by atoms with Crippen LogP contribution >= 0.6 is 24.0 Å². The summed E-state index contributed by atoms with van der Waals surface area (Å²) in [6.07, 6.45) is -3.14. The van der Waals surface area contributed by atoms with E-state index in [2.05, 4.69) is 0 Å². The van der Waals surface area contributed by atoms with Crippen LogP contribution in [0.5, 0.6) is 11.5 Å². The van der Waals surface area contributed by atoms with E-state index in [4.69, 9.17) is 22.1 Å². The molecule has 1 saturated heterocycles. The van der Waals surface area contributed by atoms with Gasteiger partial charge in [-0.05, 0) is 42.8 Å². The smallest absolute Gasteiger partial charge is 0.416 e. The van der Waals surface area contributed by atoms with Crippen molar-refractivity contribution >= 4 is 51.9 Å². The number of thiocarbonyl (C=S) groups is 1. The van der Waals surface area contributed by atoms with Gasteiger partial charge in [0.25, 0.3) is 11.6 Å². The first-order valence-electron chi connectivity index (χ1n) is 9.56. The largest absolute Gasteiger partial charge is 0.481 e. The summed E-state index contributed by atoms with van der Waals surface area (Å²) in [4.78, 5) is 35.4. The van der Waals surface area contributed by atoms with Gasteiger partial charge in [0.05, 0.1) is 15.4 Å². The quantitative estimate of drug-likeness (QED) is 0.215. The molecule has 13 heteroatoms. The Labute approximate surface area is 200 Å². The van der Waals surface area contributed by atoms with Crippen molar-refractivity contribution in [2.24, 2.45) is 0 Å². The average Bonchev–Trinajstić information content (AvgIpc) is 3.01. The van der Waals surface area contributed by atoms with Gasteiger partial charge in [0.15, 0.2) is 0 Å². The van der Waals surface area contributed by atoms with E-state index in [1.54, 1.807) is 0 Å². The molecule has 1 fully saturated rings. The Bertz CT molecular complexity index is 1180. The number of carboxylic acids is 1. The standard InChI is InChI=1S/C21H15F3N2O6S2/c22-21(23,24)13-3-6-15(7-4-13)32-16-8-5-14(26(30)31)10-12(16)11-17-19(29)25(20(33)34-17)9-1-2-18(27)28/h3-8,10-11H,1-2,9H2,(H,27,28)/b17-11-. The van der Waals surface area contributed by atoms with Crippen molar-refractivity contribution in [1.82, 2.24) is 4.90 Å². The third kappa shape index (κ3) is 6.11. The van der Waals surface area contributed by atoms with Crippen molar-refractivity contribution in [2.45, 2.75) is 19.0 Å². The SMILES string of the molecule is O=C(O)CCCN1C(=O)/C(=C/c2cc([N+](=O)[O-])ccc2Oc2ccc(C(F)(F)F)cc2)SC1=S. The van der Waals surface area contributed by atoms with Crippen LogP contribution in [0.1, 0.15) is 24.0 Å². The van der Waals surface area contributed by atoms with Crippen LogP contribution in [0.3, 0.4) is 0 Å². The highest BCUT2D eigenvalue weighted by molar-refractivity contribution is 8.26. The lowest BCUT2D eigenvalue weighted by Gasteiger charge is -2.13. The molecule has 8 nitrogen and oxygen atoms in total. The van der Waals surface area contributed by atoms with Gasteiger partial charge in [-0.25, -0.2) is 0 Å². The lowest BCUT2D eigenvalue weighted by atomic mass is 10.1. The summed E-state index contributed by atoms with van der Waals surface area (Å²) in [5.74, 6) is -1.38. The molecule has 34 heavy (non-hydrogen) atoms. The zero-order valence-electron chi connectivity index (χ0n) is 17.1. The number of non-ortho nitro benzene ring substituents is 1. The predicted octanol–water partition coefficient (Wildman–Crippen LogP) is 5.47. The van der Waals surface area contributed by atoms with Crippen LogP contribution in [0.15, 0.2) is 47.4 Å². The van der Waals surface area contributed by atoms with Crippen molar-refractivity contribution in [3.63, 3.8) is 0 Å². The number of rotatable bonds is 8. The first-order chi connectivity index (χ1) is 16.0. The van der Waals surface area contributed by atoms with E-state index in [1.165, 1.54) is 17.0 Å². The Hall–Kier alpha value is -3.45. The Kier molecular flexibility index (Phi) is 7.57. The second kappa shape index (κ2) is 10.2.